The molecule has 3 amide bonds. The maximum atomic E-state index is 13.6. The molecule has 0 saturated carbocycles. The maximum Gasteiger partial charge on any atom is 0.262 e. The van der Waals surface area contributed by atoms with Crippen molar-refractivity contribution in [2.45, 2.75) is 33.7 Å². The van der Waals surface area contributed by atoms with Crippen molar-refractivity contribution in [2.24, 2.45) is 5.92 Å². The first kappa shape index (κ1) is 23.9. The van der Waals surface area contributed by atoms with Gasteiger partial charge >= 0.3 is 0 Å². The Kier molecular flexibility index (Phi) is 5.80. The Morgan fingerprint density at radius 3 is 2.30 bits per heavy atom. The minimum absolute atomic E-state index is 0.120. The lowest BCUT2D eigenvalue weighted by Gasteiger charge is -2.28. The molecule has 5 rings (SSSR count). The molecule has 1 unspecified atom stereocenters. The molecule has 0 radical (unpaired) electrons. The van der Waals surface area contributed by atoms with Crippen molar-refractivity contribution in [3.8, 4) is 11.9 Å². The molecule has 0 saturated heterocycles. The van der Waals surface area contributed by atoms with E-state index in [9.17, 15) is 19.6 Å². The van der Waals surface area contributed by atoms with Crippen molar-refractivity contribution >= 4 is 34.4 Å². The molecule has 0 spiro atoms. The van der Waals surface area contributed by atoms with E-state index in [0.717, 1.165) is 26.9 Å². The summed E-state index contributed by atoms with van der Waals surface area (Å²) < 4.78 is 1.40. The van der Waals surface area contributed by atoms with Crippen LogP contribution in [0.25, 0.3) is 16.7 Å². The number of nitrogens with one attached hydrogen (secondary N) is 1. The second-order valence-electron chi connectivity index (χ2n) is 9.40. The Morgan fingerprint density at radius 2 is 1.68 bits per heavy atom. The van der Waals surface area contributed by atoms with Crippen LogP contribution >= 0.6 is 0 Å². The van der Waals surface area contributed by atoms with Gasteiger partial charge in [-0.1, -0.05) is 44.2 Å². The van der Waals surface area contributed by atoms with E-state index in [1.54, 1.807) is 38.1 Å². The highest BCUT2D eigenvalue weighted by Gasteiger charge is 2.44. The highest BCUT2D eigenvalue weighted by Crippen LogP contribution is 2.29. The molecule has 1 aliphatic heterocycles. The van der Waals surface area contributed by atoms with Crippen molar-refractivity contribution in [3.05, 3.63) is 82.5 Å². The number of hydrogen-bond donors (Lipinski definition) is 1. The van der Waals surface area contributed by atoms with Gasteiger partial charge in [-0.3, -0.25) is 19.3 Å². The Morgan fingerprint density at radius 1 is 1.00 bits per heavy atom. The first-order chi connectivity index (χ1) is 17.7. The molecule has 0 bridgehead atoms. The van der Waals surface area contributed by atoms with E-state index in [2.05, 4.69) is 16.5 Å². The summed E-state index contributed by atoms with van der Waals surface area (Å²) in [6.07, 6.45) is 1.35. The normalized spacial score (nSPS) is 13.7. The van der Waals surface area contributed by atoms with Gasteiger partial charge in [-0.25, -0.2) is 4.98 Å². The SMILES string of the molecule is Cc1cc(-n2ncc(C#N)c2NC(=O)C(C(C)C)N2C(=O)c3ccccc3C2=O)nc2c(C)cccc12. The standard InChI is InChI=1S/C28H24N6O3/c1-15(2)24(33-27(36)20-9-5-6-10-21(20)28(33)37)26(35)32-25-18(13-29)14-30-34(25)22-12-17(4)19-11-7-8-16(3)23(19)31-22/h5-12,14-15,24H,1-4H3,(H,32,35). The molecule has 4 aromatic rings. The minimum atomic E-state index is -1.10. The number of rotatable bonds is 5. The van der Waals surface area contributed by atoms with Gasteiger partial charge < -0.3 is 5.32 Å². The first-order valence-electron chi connectivity index (χ1n) is 11.9. The van der Waals surface area contributed by atoms with Crippen LogP contribution in [0.2, 0.25) is 0 Å². The third-order valence-corrected chi connectivity index (χ3v) is 6.59. The highest BCUT2D eigenvalue weighted by atomic mass is 16.2. The molecule has 184 valence electrons. The van der Waals surface area contributed by atoms with Crippen molar-refractivity contribution in [2.75, 3.05) is 5.32 Å². The summed E-state index contributed by atoms with van der Waals surface area (Å²) in [4.78, 5) is 45.6. The van der Waals surface area contributed by atoms with Crippen LogP contribution in [0.1, 0.15) is 51.3 Å². The average Bonchev–Trinajstić information content (AvgIpc) is 3.39. The van der Waals surface area contributed by atoms with E-state index in [1.165, 1.54) is 10.9 Å². The molecule has 2 aromatic heterocycles. The molecule has 0 fully saturated rings. The summed E-state index contributed by atoms with van der Waals surface area (Å²) in [6.45, 7) is 7.43. The van der Waals surface area contributed by atoms with Crippen LogP contribution in [0.4, 0.5) is 5.82 Å². The quantitative estimate of drug-likeness (QED) is 0.418. The molecule has 37 heavy (non-hydrogen) atoms. The van der Waals surface area contributed by atoms with Crippen LogP contribution in [0.3, 0.4) is 0 Å². The van der Waals surface area contributed by atoms with Gasteiger partial charge in [0.25, 0.3) is 11.8 Å². The molecule has 1 N–H and O–H groups in total. The summed E-state index contributed by atoms with van der Waals surface area (Å²) in [5.74, 6) is -1.49. The Balaban J connectivity index is 1.55. The van der Waals surface area contributed by atoms with E-state index >= 15 is 0 Å². The fourth-order valence-electron chi connectivity index (χ4n) is 4.75. The third-order valence-electron chi connectivity index (χ3n) is 6.59. The van der Waals surface area contributed by atoms with E-state index in [4.69, 9.17) is 4.98 Å². The fraction of sp³-hybridized carbons (Fsp3) is 0.214. The summed E-state index contributed by atoms with van der Waals surface area (Å²) in [7, 11) is 0. The molecular weight excluding hydrogens is 468 g/mol. The van der Waals surface area contributed by atoms with E-state index in [-0.39, 0.29) is 22.5 Å². The lowest BCUT2D eigenvalue weighted by atomic mass is 10.0. The van der Waals surface area contributed by atoms with Crippen LogP contribution in [-0.4, -0.2) is 43.4 Å². The van der Waals surface area contributed by atoms with Gasteiger partial charge in [-0.05, 0) is 49.1 Å². The van der Waals surface area contributed by atoms with Gasteiger partial charge in [0.15, 0.2) is 11.6 Å². The second kappa shape index (κ2) is 8.99. The lowest BCUT2D eigenvalue weighted by Crippen LogP contribution is -2.50. The number of nitriles is 1. The van der Waals surface area contributed by atoms with Gasteiger partial charge in [0, 0.05) is 5.39 Å². The highest BCUT2D eigenvalue weighted by molar-refractivity contribution is 6.23. The van der Waals surface area contributed by atoms with Gasteiger partial charge in [-0.2, -0.15) is 15.0 Å². The topological polar surface area (TPSA) is 121 Å². The number of para-hydroxylation sites is 1. The smallest absolute Gasteiger partial charge is 0.262 e. The van der Waals surface area contributed by atoms with E-state index < -0.39 is 29.7 Å². The Hall–Kier alpha value is -4.84. The molecular formula is C28H24N6O3. The van der Waals surface area contributed by atoms with Gasteiger partial charge in [0.1, 0.15) is 17.7 Å². The number of amides is 3. The third kappa shape index (κ3) is 3.83. The van der Waals surface area contributed by atoms with Gasteiger partial charge in [0.2, 0.25) is 5.91 Å². The van der Waals surface area contributed by atoms with Crippen LogP contribution in [0.15, 0.2) is 54.7 Å². The number of nitrogens with zero attached hydrogens (tertiary/aromatic N) is 5. The number of carbonyl (C=O) groups excluding carboxylic acids is 3. The molecule has 9 nitrogen and oxygen atoms in total. The summed E-state index contributed by atoms with van der Waals surface area (Å²) in [5.41, 5.74) is 3.38. The number of fused-ring (bicyclic) bond motifs is 2. The summed E-state index contributed by atoms with van der Waals surface area (Å²) in [6, 6.07) is 15.2. The first-order valence-corrected chi connectivity index (χ1v) is 11.9. The molecule has 0 aliphatic carbocycles. The number of hydrogen-bond acceptors (Lipinski definition) is 6. The monoisotopic (exact) mass is 492 g/mol. The molecule has 9 heteroatoms. The van der Waals surface area contributed by atoms with E-state index in [1.807, 2.05) is 38.1 Å². The summed E-state index contributed by atoms with van der Waals surface area (Å²) >= 11 is 0. The van der Waals surface area contributed by atoms with Crippen molar-refractivity contribution in [1.29, 1.82) is 5.26 Å². The number of aryl methyl sites for hydroxylation is 2. The fourth-order valence-corrected chi connectivity index (χ4v) is 4.75. The molecule has 1 atom stereocenters. The minimum Gasteiger partial charge on any atom is -0.308 e. The van der Waals surface area contributed by atoms with Gasteiger partial charge in [-0.15, -0.1) is 0 Å². The zero-order chi connectivity index (χ0) is 26.4. The van der Waals surface area contributed by atoms with Crippen LogP contribution in [-0.2, 0) is 4.79 Å². The largest absolute Gasteiger partial charge is 0.308 e. The van der Waals surface area contributed by atoms with E-state index in [0.29, 0.717) is 5.82 Å². The molecule has 1 aliphatic rings. The number of benzene rings is 2. The van der Waals surface area contributed by atoms with Gasteiger partial charge in [0.05, 0.1) is 22.8 Å². The predicted molar refractivity (Wildman–Crippen MR) is 137 cm³/mol. The second-order valence-corrected chi connectivity index (χ2v) is 9.40. The molecule has 2 aromatic carbocycles. The lowest BCUT2D eigenvalue weighted by molar-refractivity contribution is -0.121. The zero-order valence-corrected chi connectivity index (χ0v) is 20.8. The van der Waals surface area contributed by atoms with Crippen molar-refractivity contribution in [3.63, 3.8) is 0 Å². The zero-order valence-electron chi connectivity index (χ0n) is 20.8. The van der Waals surface area contributed by atoms with Crippen molar-refractivity contribution < 1.29 is 14.4 Å². The van der Waals surface area contributed by atoms with Crippen LogP contribution in [0.5, 0.6) is 0 Å². The number of carbonyl (C=O) groups is 3. The Labute approximate surface area is 213 Å². The summed E-state index contributed by atoms with van der Waals surface area (Å²) in [5, 5.41) is 17.8. The number of anilines is 1. The predicted octanol–water partition coefficient (Wildman–Crippen LogP) is 4.17. The van der Waals surface area contributed by atoms with Crippen LogP contribution < -0.4 is 5.32 Å². The number of pyridine rings is 1. The maximum absolute atomic E-state index is 13.6. The van der Waals surface area contributed by atoms with Crippen LogP contribution in [0, 0.1) is 31.1 Å². The average molecular weight is 493 g/mol. The van der Waals surface area contributed by atoms with Crippen molar-refractivity contribution in [1.82, 2.24) is 19.7 Å². The number of aromatic nitrogens is 3. The number of imide groups is 1. The Bertz CT molecular complexity index is 1610. The molecule has 3 heterocycles.